The quantitative estimate of drug-likeness (QED) is 0.438. The number of carbonyl (C=O) groups is 1. The fourth-order valence-corrected chi connectivity index (χ4v) is 1.66. The Morgan fingerprint density at radius 3 is 2.61 bits per heavy atom. The average molecular weight is 251 g/mol. The number of ether oxygens (including phenoxy) is 2. The van der Waals surface area contributed by atoms with E-state index < -0.39 is 0 Å². The molecule has 0 aromatic heterocycles. The molecular weight excluding hydrogens is 230 g/mol. The minimum absolute atomic E-state index is 0.444. The number of rotatable bonds is 8. The third-order valence-electron chi connectivity index (χ3n) is 2.54. The van der Waals surface area contributed by atoms with E-state index in [0.29, 0.717) is 36.0 Å². The van der Waals surface area contributed by atoms with Gasteiger partial charge in [0.05, 0.1) is 18.9 Å². The standard InChI is InChI=1S/C14H21NO3/c1-3-5-6-7-18-14-12(15)8-11(10-16)9-13(14)17-4-2/h8-10H,3-7,15H2,1-2H3. The lowest BCUT2D eigenvalue weighted by atomic mass is 10.2. The largest absolute Gasteiger partial charge is 0.490 e. The van der Waals surface area contributed by atoms with Crippen LogP contribution in [0.5, 0.6) is 11.5 Å². The van der Waals surface area contributed by atoms with E-state index in [1.807, 2.05) is 6.92 Å². The molecule has 0 amide bonds. The first-order chi connectivity index (χ1) is 8.72. The third kappa shape index (κ3) is 3.95. The molecule has 100 valence electrons. The molecule has 0 fully saturated rings. The summed E-state index contributed by atoms with van der Waals surface area (Å²) in [6, 6.07) is 3.26. The van der Waals surface area contributed by atoms with Crippen LogP contribution in [0.2, 0.25) is 0 Å². The number of unbranched alkanes of at least 4 members (excludes halogenated alkanes) is 2. The Morgan fingerprint density at radius 2 is 2.00 bits per heavy atom. The van der Waals surface area contributed by atoms with Crippen molar-refractivity contribution in [2.75, 3.05) is 18.9 Å². The van der Waals surface area contributed by atoms with Crippen LogP contribution in [-0.4, -0.2) is 19.5 Å². The number of benzene rings is 1. The van der Waals surface area contributed by atoms with Crippen LogP contribution in [0.1, 0.15) is 43.5 Å². The van der Waals surface area contributed by atoms with Gasteiger partial charge in [-0.15, -0.1) is 0 Å². The van der Waals surface area contributed by atoms with Crippen LogP contribution in [0.3, 0.4) is 0 Å². The highest BCUT2D eigenvalue weighted by molar-refractivity contribution is 5.80. The molecule has 4 nitrogen and oxygen atoms in total. The Bertz CT molecular complexity index is 391. The molecule has 0 atom stereocenters. The van der Waals surface area contributed by atoms with Crippen molar-refractivity contribution in [2.24, 2.45) is 0 Å². The van der Waals surface area contributed by atoms with Crippen LogP contribution in [0, 0.1) is 0 Å². The van der Waals surface area contributed by atoms with Gasteiger partial charge in [-0.25, -0.2) is 0 Å². The van der Waals surface area contributed by atoms with Crippen molar-refractivity contribution in [1.29, 1.82) is 0 Å². The molecule has 0 spiro atoms. The van der Waals surface area contributed by atoms with Gasteiger partial charge < -0.3 is 15.2 Å². The van der Waals surface area contributed by atoms with Crippen LogP contribution in [-0.2, 0) is 0 Å². The van der Waals surface area contributed by atoms with Crippen molar-refractivity contribution in [3.8, 4) is 11.5 Å². The van der Waals surface area contributed by atoms with Crippen molar-refractivity contribution in [1.82, 2.24) is 0 Å². The second-order valence-corrected chi connectivity index (χ2v) is 4.04. The first-order valence-electron chi connectivity index (χ1n) is 6.37. The van der Waals surface area contributed by atoms with Gasteiger partial charge in [-0.3, -0.25) is 4.79 Å². The van der Waals surface area contributed by atoms with Crippen molar-refractivity contribution < 1.29 is 14.3 Å². The summed E-state index contributed by atoms with van der Waals surface area (Å²) in [5.41, 5.74) is 6.82. The highest BCUT2D eigenvalue weighted by atomic mass is 16.5. The Hall–Kier alpha value is -1.71. The van der Waals surface area contributed by atoms with Crippen LogP contribution in [0.4, 0.5) is 5.69 Å². The molecule has 0 aliphatic carbocycles. The molecule has 0 radical (unpaired) electrons. The maximum atomic E-state index is 10.8. The fraction of sp³-hybridized carbons (Fsp3) is 0.500. The third-order valence-corrected chi connectivity index (χ3v) is 2.54. The minimum Gasteiger partial charge on any atom is -0.490 e. The Kier molecular flexibility index (Phi) is 6.05. The zero-order valence-electron chi connectivity index (χ0n) is 11.1. The molecule has 0 heterocycles. The predicted octanol–water partition coefficient (Wildman–Crippen LogP) is 3.05. The lowest BCUT2D eigenvalue weighted by Gasteiger charge is -2.14. The molecule has 0 bridgehead atoms. The molecule has 1 aromatic rings. The van der Waals surface area contributed by atoms with Gasteiger partial charge in [0.15, 0.2) is 11.5 Å². The summed E-state index contributed by atoms with van der Waals surface area (Å²) in [5, 5.41) is 0. The van der Waals surface area contributed by atoms with Crippen LogP contribution in [0.15, 0.2) is 12.1 Å². The van der Waals surface area contributed by atoms with E-state index >= 15 is 0 Å². The summed E-state index contributed by atoms with van der Waals surface area (Å²) in [5.74, 6) is 1.08. The van der Waals surface area contributed by atoms with Gasteiger partial charge in [-0.1, -0.05) is 19.8 Å². The first kappa shape index (κ1) is 14.4. The maximum absolute atomic E-state index is 10.8. The number of anilines is 1. The summed E-state index contributed by atoms with van der Waals surface area (Å²) >= 11 is 0. The lowest BCUT2D eigenvalue weighted by molar-refractivity contribution is 0.112. The highest BCUT2D eigenvalue weighted by Gasteiger charge is 2.11. The molecule has 1 rings (SSSR count). The van der Waals surface area contributed by atoms with E-state index in [4.69, 9.17) is 15.2 Å². The first-order valence-corrected chi connectivity index (χ1v) is 6.37. The number of hydrogen-bond donors (Lipinski definition) is 1. The van der Waals surface area contributed by atoms with Gasteiger partial charge in [0.1, 0.15) is 6.29 Å². The Balaban J connectivity index is 2.82. The van der Waals surface area contributed by atoms with Gasteiger partial charge in [0.25, 0.3) is 0 Å². The molecule has 0 aliphatic heterocycles. The summed E-state index contributed by atoms with van der Waals surface area (Å²) in [7, 11) is 0. The number of aldehydes is 1. The molecule has 0 saturated carbocycles. The molecule has 0 aliphatic rings. The molecular formula is C14H21NO3. The van der Waals surface area contributed by atoms with E-state index in [0.717, 1.165) is 25.5 Å². The van der Waals surface area contributed by atoms with Crippen LogP contribution < -0.4 is 15.2 Å². The summed E-state index contributed by atoms with van der Waals surface area (Å²) < 4.78 is 11.1. The second kappa shape index (κ2) is 7.58. The monoisotopic (exact) mass is 251 g/mol. The van der Waals surface area contributed by atoms with E-state index in [9.17, 15) is 4.79 Å². The lowest BCUT2D eigenvalue weighted by Crippen LogP contribution is -2.04. The summed E-state index contributed by atoms with van der Waals surface area (Å²) in [6.45, 7) is 5.13. The van der Waals surface area contributed by atoms with Gasteiger partial charge in [-0.05, 0) is 25.5 Å². The fourth-order valence-electron chi connectivity index (χ4n) is 1.66. The van der Waals surface area contributed by atoms with Gasteiger partial charge >= 0.3 is 0 Å². The van der Waals surface area contributed by atoms with Crippen LogP contribution in [0.25, 0.3) is 0 Å². The van der Waals surface area contributed by atoms with Gasteiger partial charge in [0, 0.05) is 5.56 Å². The van der Waals surface area contributed by atoms with Crippen molar-refractivity contribution in [3.63, 3.8) is 0 Å². The molecule has 18 heavy (non-hydrogen) atoms. The van der Waals surface area contributed by atoms with Crippen molar-refractivity contribution in [2.45, 2.75) is 33.1 Å². The Morgan fingerprint density at radius 1 is 1.22 bits per heavy atom. The smallest absolute Gasteiger partial charge is 0.184 e. The number of carbonyl (C=O) groups excluding carboxylic acids is 1. The average Bonchev–Trinajstić information content (AvgIpc) is 2.37. The van der Waals surface area contributed by atoms with Gasteiger partial charge in [0.2, 0.25) is 0 Å². The number of nitrogen functional groups attached to an aromatic ring is 1. The molecule has 4 heteroatoms. The molecule has 2 N–H and O–H groups in total. The Labute approximate surface area is 108 Å². The topological polar surface area (TPSA) is 61.5 Å². The molecule has 0 saturated heterocycles. The predicted molar refractivity (Wildman–Crippen MR) is 72.4 cm³/mol. The van der Waals surface area contributed by atoms with E-state index in [2.05, 4.69) is 6.92 Å². The minimum atomic E-state index is 0.444. The summed E-state index contributed by atoms with van der Waals surface area (Å²) in [4.78, 5) is 10.8. The van der Waals surface area contributed by atoms with E-state index in [1.54, 1.807) is 12.1 Å². The van der Waals surface area contributed by atoms with Gasteiger partial charge in [-0.2, -0.15) is 0 Å². The number of nitrogens with two attached hydrogens (primary N) is 1. The zero-order chi connectivity index (χ0) is 13.4. The normalized spacial score (nSPS) is 10.1. The van der Waals surface area contributed by atoms with E-state index in [-0.39, 0.29) is 0 Å². The van der Waals surface area contributed by atoms with E-state index in [1.165, 1.54) is 0 Å². The highest BCUT2D eigenvalue weighted by Crippen LogP contribution is 2.35. The number of hydrogen-bond acceptors (Lipinski definition) is 4. The zero-order valence-corrected chi connectivity index (χ0v) is 11.1. The molecule has 1 aromatic carbocycles. The second-order valence-electron chi connectivity index (χ2n) is 4.04. The van der Waals surface area contributed by atoms with Crippen molar-refractivity contribution in [3.05, 3.63) is 17.7 Å². The molecule has 0 unspecified atom stereocenters. The maximum Gasteiger partial charge on any atom is 0.184 e. The van der Waals surface area contributed by atoms with Crippen LogP contribution >= 0.6 is 0 Å². The summed E-state index contributed by atoms with van der Waals surface area (Å²) in [6.07, 6.45) is 3.99. The van der Waals surface area contributed by atoms with Crippen molar-refractivity contribution >= 4 is 12.0 Å². The SMILES string of the molecule is CCCCCOc1c(N)cc(C=O)cc1OCC.